The van der Waals surface area contributed by atoms with Crippen molar-refractivity contribution in [2.75, 3.05) is 13.1 Å². The lowest BCUT2D eigenvalue weighted by molar-refractivity contribution is -0.128. The number of nitrogens with zero attached hydrogens (tertiary/aromatic N) is 2. The zero-order valence-corrected chi connectivity index (χ0v) is 15.6. The van der Waals surface area contributed by atoms with E-state index in [1.54, 1.807) is 0 Å². The van der Waals surface area contributed by atoms with Crippen LogP contribution in [0.15, 0.2) is 54.6 Å². The van der Waals surface area contributed by atoms with E-state index >= 15 is 0 Å². The second-order valence-corrected chi connectivity index (χ2v) is 7.60. The maximum atomic E-state index is 13.1. The molecule has 4 nitrogen and oxygen atoms in total. The third kappa shape index (κ3) is 4.05. The van der Waals surface area contributed by atoms with Crippen molar-refractivity contribution in [3.05, 3.63) is 71.3 Å². The predicted octanol–water partition coefficient (Wildman–Crippen LogP) is 3.66. The lowest BCUT2D eigenvalue weighted by atomic mass is 10.0. The molecule has 0 N–H and O–H groups in total. The molecule has 0 aromatic heterocycles. The van der Waals surface area contributed by atoms with Gasteiger partial charge in [0.15, 0.2) is 0 Å². The first-order valence-corrected chi connectivity index (χ1v) is 9.92. The maximum Gasteiger partial charge on any atom is 0.254 e. The predicted molar refractivity (Wildman–Crippen MR) is 105 cm³/mol. The minimum Gasteiger partial charge on any atom is -0.338 e. The molecule has 2 aromatic carbocycles. The molecule has 2 saturated heterocycles. The Kier molecular flexibility index (Phi) is 5.23. The van der Waals surface area contributed by atoms with Crippen LogP contribution in [-0.2, 0) is 17.8 Å². The van der Waals surface area contributed by atoms with E-state index in [0.717, 1.165) is 49.9 Å². The van der Waals surface area contributed by atoms with Crippen LogP contribution in [0, 0.1) is 0 Å². The van der Waals surface area contributed by atoms with Gasteiger partial charge < -0.3 is 9.80 Å². The molecule has 2 amide bonds. The van der Waals surface area contributed by atoms with E-state index in [-0.39, 0.29) is 17.9 Å². The molecular weight excluding hydrogens is 336 g/mol. The van der Waals surface area contributed by atoms with Gasteiger partial charge in [0.1, 0.15) is 0 Å². The molecular formula is C23H26N2O2. The van der Waals surface area contributed by atoms with Gasteiger partial charge in [-0.2, -0.15) is 0 Å². The summed E-state index contributed by atoms with van der Waals surface area (Å²) in [5.74, 6) is 0.331. The third-order valence-electron chi connectivity index (χ3n) is 5.67. The van der Waals surface area contributed by atoms with Gasteiger partial charge in [-0.05, 0) is 48.9 Å². The lowest BCUT2D eigenvalue weighted by Crippen LogP contribution is -2.36. The van der Waals surface area contributed by atoms with Gasteiger partial charge in [-0.1, -0.05) is 42.5 Å². The fourth-order valence-corrected chi connectivity index (χ4v) is 4.26. The number of hydrogen-bond acceptors (Lipinski definition) is 2. The van der Waals surface area contributed by atoms with Gasteiger partial charge >= 0.3 is 0 Å². The van der Waals surface area contributed by atoms with E-state index in [0.29, 0.717) is 13.0 Å². The average molecular weight is 362 g/mol. The highest BCUT2D eigenvalue weighted by molar-refractivity contribution is 5.94. The molecule has 1 atom stereocenters. The molecule has 0 bridgehead atoms. The summed E-state index contributed by atoms with van der Waals surface area (Å²) in [6, 6.07) is 18.5. The summed E-state index contributed by atoms with van der Waals surface area (Å²) >= 11 is 0. The summed E-state index contributed by atoms with van der Waals surface area (Å²) in [7, 11) is 0. The minimum absolute atomic E-state index is 0.114. The first-order chi connectivity index (χ1) is 13.2. The van der Waals surface area contributed by atoms with E-state index in [2.05, 4.69) is 24.3 Å². The smallest absolute Gasteiger partial charge is 0.254 e. The number of carbonyl (C=O) groups is 2. The van der Waals surface area contributed by atoms with Crippen LogP contribution in [0.4, 0.5) is 0 Å². The molecule has 2 aliphatic rings. The Labute approximate surface area is 160 Å². The average Bonchev–Trinajstić information content (AvgIpc) is 3.31. The van der Waals surface area contributed by atoms with Crippen molar-refractivity contribution in [3.8, 4) is 0 Å². The summed E-state index contributed by atoms with van der Waals surface area (Å²) in [5, 5.41) is 0. The van der Waals surface area contributed by atoms with Crippen LogP contribution in [-0.4, -0.2) is 40.7 Å². The SMILES string of the molecule is O=C1CCCN1Cc1cccc(C(=O)N2CCCC2Cc2ccccc2)c1. The first-order valence-electron chi connectivity index (χ1n) is 9.92. The topological polar surface area (TPSA) is 40.6 Å². The van der Waals surface area contributed by atoms with Crippen LogP contribution in [0.3, 0.4) is 0 Å². The molecule has 140 valence electrons. The number of rotatable bonds is 5. The Bertz CT molecular complexity index is 818. The van der Waals surface area contributed by atoms with Crippen molar-refractivity contribution in [1.29, 1.82) is 0 Å². The Morgan fingerprint density at radius 1 is 0.963 bits per heavy atom. The van der Waals surface area contributed by atoms with Gasteiger partial charge in [0.05, 0.1) is 0 Å². The van der Waals surface area contributed by atoms with E-state index in [1.165, 1.54) is 5.56 Å². The molecule has 4 rings (SSSR count). The van der Waals surface area contributed by atoms with Gasteiger partial charge in [0, 0.05) is 37.7 Å². The van der Waals surface area contributed by atoms with Crippen molar-refractivity contribution in [3.63, 3.8) is 0 Å². The maximum absolute atomic E-state index is 13.1. The third-order valence-corrected chi connectivity index (χ3v) is 5.67. The quantitative estimate of drug-likeness (QED) is 0.814. The molecule has 0 spiro atoms. The van der Waals surface area contributed by atoms with Gasteiger partial charge in [-0.15, -0.1) is 0 Å². The Hall–Kier alpha value is -2.62. The van der Waals surface area contributed by atoms with Crippen LogP contribution in [0.25, 0.3) is 0 Å². The first kappa shape index (κ1) is 17.8. The fourth-order valence-electron chi connectivity index (χ4n) is 4.26. The van der Waals surface area contributed by atoms with Crippen molar-refractivity contribution >= 4 is 11.8 Å². The Morgan fingerprint density at radius 3 is 2.56 bits per heavy atom. The zero-order valence-electron chi connectivity index (χ0n) is 15.6. The zero-order chi connectivity index (χ0) is 18.6. The Morgan fingerprint density at radius 2 is 1.78 bits per heavy atom. The summed E-state index contributed by atoms with van der Waals surface area (Å²) in [6.07, 6.45) is 4.61. The molecule has 4 heteroatoms. The molecule has 1 unspecified atom stereocenters. The molecule has 2 aromatic rings. The second-order valence-electron chi connectivity index (χ2n) is 7.60. The van der Waals surface area contributed by atoms with Gasteiger partial charge in [-0.3, -0.25) is 9.59 Å². The monoisotopic (exact) mass is 362 g/mol. The van der Waals surface area contributed by atoms with Crippen LogP contribution < -0.4 is 0 Å². The molecule has 0 aliphatic carbocycles. The van der Waals surface area contributed by atoms with Gasteiger partial charge in [0.25, 0.3) is 5.91 Å². The van der Waals surface area contributed by atoms with Crippen LogP contribution in [0.1, 0.15) is 47.2 Å². The second kappa shape index (κ2) is 7.95. The normalized spacial score (nSPS) is 19.7. The number of benzene rings is 2. The number of amides is 2. The van der Waals surface area contributed by atoms with E-state index in [4.69, 9.17) is 0 Å². The lowest BCUT2D eigenvalue weighted by Gasteiger charge is -2.25. The molecule has 2 fully saturated rings. The molecule has 2 aliphatic heterocycles. The van der Waals surface area contributed by atoms with Crippen molar-refractivity contribution in [1.82, 2.24) is 9.80 Å². The van der Waals surface area contributed by atoms with Gasteiger partial charge in [0.2, 0.25) is 5.91 Å². The summed E-state index contributed by atoms with van der Waals surface area (Å²) in [4.78, 5) is 28.9. The molecule has 27 heavy (non-hydrogen) atoms. The highest BCUT2D eigenvalue weighted by Gasteiger charge is 2.29. The highest BCUT2D eigenvalue weighted by atomic mass is 16.2. The summed E-state index contributed by atoms with van der Waals surface area (Å²) in [6.45, 7) is 2.25. The van der Waals surface area contributed by atoms with Crippen molar-refractivity contribution < 1.29 is 9.59 Å². The van der Waals surface area contributed by atoms with Crippen LogP contribution in [0.2, 0.25) is 0 Å². The number of likely N-dealkylation sites (tertiary alicyclic amines) is 2. The molecule has 0 radical (unpaired) electrons. The fraction of sp³-hybridized carbons (Fsp3) is 0.391. The van der Waals surface area contributed by atoms with Crippen molar-refractivity contribution in [2.24, 2.45) is 0 Å². The molecule has 2 heterocycles. The van der Waals surface area contributed by atoms with E-state index in [1.807, 2.05) is 40.1 Å². The standard InChI is InChI=1S/C23H26N2O2/c26-22-12-6-13-24(22)17-19-9-4-10-20(15-19)23(27)25-14-5-11-21(25)16-18-7-2-1-3-8-18/h1-4,7-10,15,21H,5-6,11-14,16-17H2. The summed E-state index contributed by atoms with van der Waals surface area (Å²) in [5.41, 5.74) is 3.05. The van der Waals surface area contributed by atoms with E-state index < -0.39 is 0 Å². The largest absolute Gasteiger partial charge is 0.338 e. The van der Waals surface area contributed by atoms with Crippen LogP contribution >= 0.6 is 0 Å². The molecule has 0 saturated carbocycles. The number of carbonyl (C=O) groups excluding carboxylic acids is 2. The minimum atomic E-state index is 0.114. The van der Waals surface area contributed by atoms with E-state index in [9.17, 15) is 9.59 Å². The van der Waals surface area contributed by atoms with Crippen LogP contribution in [0.5, 0.6) is 0 Å². The Balaban J connectivity index is 1.46. The summed E-state index contributed by atoms with van der Waals surface area (Å²) < 4.78 is 0. The number of hydrogen-bond donors (Lipinski definition) is 0. The van der Waals surface area contributed by atoms with Crippen molar-refractivity contribution in [2.45, 2.75) is 44.7 Å². The highest BCUT2D eigenvalue weighted by Crippen LogP contribution is 2.24. The van der Waals surface area contributed by atoms with Gasteiger partial charge in [-0.25, -0.2) is 0 Å².